The van der Waals surface area contributed by atoms with Crippen LogP contribution in [0.1, 0.15) is 50.7 Å². The van der Waals surface area contributed by atoms with E-state index < -0.39 is 29.7 Å². The number of hydrogen-bond donors (Lipinski definition) is 1. The van der Waals surface area contributed by atoms with Crippen LogP contribution in [-0.4, -0.2) is 71.2 Å². The van der Waals surface area contributed by atoms with Crippen molar-refractivity contribution in [3.63, 3.8) is 0 Å². The Labute approximate surface area is 211 Å². The van der Waals surface area contributed by atoms with E-state index in [1.165, 1.54) is 9.80 Å². The number of ether oxygens (including phenoxy) is 2. The van der Waals surface area contributed by atoms with Crippen LogP contribution in [-0.2, 0) is 19.1 Å². The lowest BCUT2D eigenvalue weighted by Gasteiger charge is -2.31. The Morgan fingerprint density at radius 1 is 0.972 bits per heavy atom. The van der Waals surface area contributed by atoms with Gasteiger partial charge in [-0.1, -0.05) is 48.5 Å². The summed E-state index contributed by atoms with van der Waals surface area (Å²) in [7, 11) is 0. The van der Waals surface area contributed by atoms with Gasteiger partial charge >= 0.3 is 12.1 Å². The minimum atomic E-state index is -0.932. The predicted octanol–water partition coefficient (Wildman–Crippen LogP) is 3.28. The van der Waals surface area contributed by atoms with Crippen LogP contribution in [0, 0.1) is 0 Å². The van der Waals surface area contributed by atoms with Crippen LogP contribution in [0.15, 0.2) is 48.5 Å². The molecule has 5 rings (SSSR count). The number of nitrogens with zero attached hydrogens (tertiary/aromatic N) is 2. The summed E-state index contributed by atoms with van der Waals surface area (Å²) >= 11 is 0. The first kappa shape index (κ1) is 24.3. The Hall–Kier alpha value is -3.39. The second-order valence-electron chi connectivity index (χ2n) is 10.8. The Kier molecular flexibility index (Phi) is 6.24. The highest BCUT2D eigenvalue weighted by molar-refractivity contribution is 5.89. The summed E-state index contributed by atoms with van der Waals surface area (Å²) in [6, 6.07) is 14.4. The summed E-state index contributed by atoms with van der Waals surface area (Å²) in [4.78, 5) is 42.2. The molecular weight excluding hydrogens is 458 g/mol. The Morgan fingerprint density at radius 2 is 1.58 bits per heavy atom. The van der Waals surface area contributed by atoms with Crippen molar-refractivity contribution in [2.75, 3.05) is 19.7 Å². The zero-order valence-corrected chi connectivity index (χ0v) is 21.0. The van der Waals surface area contributed by atoms with Gasteiger partial charge in [-0.05, 0) is 55.9 Å². The second-order valence-corrected chi connectivity index (χ2v) is 10.8. The third-order valence-corrected chi connectivity index (χ3v) is 7.20. The van der Waals surface area contributed by atoms with Crippen LogP contribution in [0.3, 0.4) is 0 Å². The molecular formula is C28H33N3O5. The molecule has 8 nitrogen and oxygen atoms in total. The average molecular weight is 492 g/mol. The average Bonchev–Trinajstić information content (AvgIpc) is 3.36. The number of amides is 2. The van der Waals surface area contributed by atoms with E-state index >= 15 is 0 Å². The van der Waals surface area contributed by atoms with Crippen LogP contribution in [0.2, 0.25) is 0 Å². The molecule has 36 heavy (non-hydrogen) atoms. The van der Waals surface area contributed by atoms with Gasteiger partial charge in [0.1, 0.15) is 24.3 Å². The molecule has 3 atom stereocenters. The van der Waals surface area contributed by atoms with Gasteiger partial charge in [-0.2, -0.15) is 0 Å². The molecule has 2 fully saturated rings. The summed E-state index contributed by atoms with van der Waals surface area (Å²) < 4.78 is 11.4. The number of esters is 1. The molecule has 0 bridgehead atoms. The summed E-state index contributed by atoms with van der Waals surface area (Å²) in [5, 5.41) is 0. The maximum atomic E-state index is 13.2. The first-order chi connectivity index (χ1) is 17.1. The second kappa shape index (κ2) is 9.24. The Morgan fingerprint density at radius 3 is 2.19 bits per heavy atom. The first-order valence-electron chi connectivity index (χ1n) is 12.5. The highest BCUT2D eigenvalue weighted by Gasteiger charge is 2.47. The van der Waals surface area contributed by atoms with Crippen LogP contribution < -0.4 is 5.73 Å². The molecule has 0 radical (unpaired) electrons. The van der Waals surface area contributed by atoms with Crippen LogP contribution in [0.5, 0.6) is 0 Å². The normalized spacial score (nSPS) is 23.6. The number of hydrogen-bond acceptors (Lipinski definition) is 6. The molecule has 2 aromatic rings. The first-order valence-corrected chi connectivity index (χ1v) is 12.5. The van der Waals surface area contributed by atoms with E-state index in [2.05, 4.69) is 24.3 Å². The van der Waals surface area contributed by atoms with E-state index in [9.17, 15) is 14.4 Å². The molecule has 190 valence electrons. The number of nitrogens with two attached hydrogens (primary N) is 1. The summed E-state index contributed by atoms with van der Waals surface area (Å²) in [6.45, 7) is 5.91. The van der Waals surface area contributed by atoms with Crippen molar-refractivity contribution >= 4 is 18.0 Å². The molecule has 2 heterocycles. The lowest BCUT2D eigenvalue weighted by molar-refractivity contribution is -0.164. The van der Waals surface area contributed by atoms with Gasteiger partial charge in [0.15, 0.2) is 0 Å². The molecule has 2 amide bonds. The molecule has 0 aromatic heterocycles. The van der Waals surface area contributed by atoms with Gasteiger partial charge in [0.25, 0.3) is 0 Å². The highest BCUT2D eigenvalue weighted by atomic mass is 16.6. The quantitative estimate of drug-likeness (QED) is 0.661. The fourth-order valence-electron chi connectivity index (χ4n) is 5.67. The van der Waals surface area contributed by atoms with Crippen molar-refractivity contribution in [1.29, 1.82) is 0 Å². The van der Waals surface area contributed by atoms with Crippen molar-refractivity contribution < 1.29 is 23.9 Å². The van der Waals surface area contributed by atoms with Gasteiger partial charge in [0, 0.05) is 19.0 Å². The summed E-state index contributed by atoms with van der Waals surface area (Å²) in [6.07, 6.45) is 0.578. The number of carbonyl (C=O) groups excluding carboxylic acids is 3. The number of benzene rings is 2. The van der Waals surface area contributed by atoms with Crippen molar-refractivity contribution in [2.24, 2.45) is 5.73 Å². The molecule has 0 unspecified atom stereocenters. The van der Waals surface area contributed by atoms with Gasteiger partial charge < -0.3 is 25.0 Å². The molecule has 2 saturated heterocycles. The number of rotatable bonds is 3. The van der Waals surface area contributed by atoms with E-state index in [1.54, 1.807) is 20.8 Å². The molecule has 2 aromatic carbocycles. The molecule has 0 spiro atoms. The summed E-state index contributed by atoms with van der Waals surface area (Å²) in [5.41, 5.74) is 10.1. The Balaban J connectivity index is 1.29. The topological polar surface area (TPSA) is 102 Å². The van der Waals surface area contributed by atoms with Gasteiger partial charge in [-0.15, -0.1) is 0 Å². The molecule has 1 aliphatic carbocycles. The standard InChI is InChI=1S/C28H33N3O5/c1-28(2,3)36-26(33)24-13-12-17-14-30(15-23(29)25(32)31(17)24)27(34)35-16-22-20-10-6-4-8-18(20)19-9-5-7-11-21(19)22/h4-11,17,22-24H,12-16,29H2,1-3H3/t17-,23+,24+/m1/s1. The monoisotopic (exact) mass is 491 g/mol. The summed E-state index contributed by atoms with van der Waals surface area (Å²) in [5.74, 6) is -0.814. The van der Waals surface area contributed by atoms with Crippen molar-refractivity contribution in [3.05, 3.63) is 59.7 Å². The van der Waals surface area contributed by atoms with Gasteiger partial charge in [-0.25, -0.2) is 9.59 Å². The van der Waals surface area contributed by atoms with Gasteiger partial charge in [0.2, 0.25) is 5.91 Å². The number of fused-ring (bicyclic) bond motifs is 4. The fourth-order valence-corrected chi connectivity index (χ4v) is 5.67. The molecule has 8 heteroatoms. The van der Waals surface area contributed by atoms with E-state index in [0.717, 1.165) is 22.3 Å². The van der Waals surface area contributed by atoms with Gasteiger partial charge in [0.05, 0.1) is 6.04 Å². The lowest BCUT2D eigenvalue weighted by atomic mass is 9.98. The smallest absolute Gasteiger partial charge is 0.409 e. The fraction of sp³-hybridized carbons (Fsp3) is 0.464. The van der Waals surface area contributed by atoms with E-state index in [0.29, 0.717) is 12.8 Å². The zero-order chi connectivity index (χ0) is 25.6. The Bertz CT molecular complexity index is 1140. The van der Waals surface area contributed by atoms with Gasteiger partial charge in [-0.3, -0.25) is 4.79 Å². The number of carbonyl (C=O) groups is 3. The molecule has 3 aliphatic rings. The van der Waals surface area contributed by atoms with E-state index in [4.69, 9.17) is 15.2 Å². The lowest BCUT2D eigenvalue weighted by Crippen LogP contribution is -2.52. The molecule has 0 saturated carbocycles. The largest absolute Gasteiger partial charge is 0.458 e. The minimum absolute atomic E-state index is 0.0452. The maximum Gasteiger partial charge on any atom is 0.409 e. The van der Waals surface area contributed by atoms with E-state index in [-0.39, 0.29) is 37.6 Å². The van der Waals surface area contributed by atoms with E-state index in [1.807, 2.05) is 24.3 Å². The SMILES string of the molecule is CC(C)(C)OC(=O)[C@@H]1CC[C@@H]2CN(C(=O)OCC3c4ccccc4-c4ccccc43)C[C@H](N)C(=O)N21. The third-order valence-electron chi connectivity index (χ3n) is 7.20. The van der Waals surface area contributed by atoms with Crippen molar-refractivity contribution in [3.8, 4) is 11.1 Å². The minimum Gasteiger partial charge on any atom is -0.458 e. The zero-order valence-electron chi connectivity index (χ0n) is 21.0. The van der Waals surface area contributed by atoms with Crippen molar-refractivity contribution in [2.45, 2.75) is 63.3 Å². The maximum absolute atomic E-state index is 13.2. The van der Waals surface area contributed by atoms with Crippen molar-refractivity contribution in [1.82, 2.24) is 9.80 Å². The highest BCUT2D eigenvalue weighted by Crippen LogP contribution is 2.44. The molecule has 2 N–H and O–H groups in total. The van der Waals surface area contributed by atoms with Crippen LogP contribution in [0.4, 0.5) is 4.79 Å². The molecule has 2 aliphatic heterocycles. The predicted molar refractivity (Wildman–Crippen MR) is 134 cm³/mol. The van der Waals surface area contributed by atoms with Crippen LogP contribution >= 0.6 is 0 Å². The van der Waals surface area contributed by atoms with Crippen LogP contribution in [0.25, 0.3) is 11.1 Å². The third kappa shape index (κ3) is 4.46.